The van der Waals surface area contributed by atoms with Gasteiger partial charge in [0, 0.05) is 0 Å². The van der Waals surface area contributed by atoms with Gasteiger partial charge in [-0.25, -0.2) is 4.79 Å². The molecule has 0 aliphatic rings. The van der Waals surface area contributed by atoms with Gasteiger partial charge in [0.1, 0.15) is 12.4 Å². The lowest BCUT2D eigenvalue weighted by atomic mass is 10.2. The smallest absolute Gasteiger partial charge is 0.335 e. The van der Waals surface area contributed by atoms with Crippen LogP contribution in [0.1, 0.15) is 10.4 Å². The van der Waals surface area contributed by atoms with Crippen LogP contribution in [0.4, 0.5) is 0 Å². The van der Waals surface area contributed by atoms with Gasteiger partial charge in [0.2, 0.25) is 0 Å². The molecule has 6 heteroatoms. The molecule has 0 amide bonds. The number of hydrogen-bond donors (Lipinski definition) is 1. The average molecular weight is 296 g/mol. The second-order valence-corrected chi connectivity index (χ2v) is 6.41. The predicted molar refractivity (Wildman–Crippen MR) is 74.5 cm³/mol. The number of aromatic carboxylic acids is 1. The minimum atomic E-state index is -1.06. The number of rotatable bonds is 6. The van der Waals surface area contributed by atoms with Crippen LogP contribution in [-0.4, -0.2) is 27.6 Å². The Hall–Kier alpha value is -1.66. The average Bonchev–Trinajstić information content (AvgIpc) is 2.93. The number of benzene rings is 1. The maximum atomic E-state index is 11.8. The van der Waals surface area contributed by atoms with E-state index < -0.39 is 16.8 Å². The molecule has 1 aromatic heterocycles. The highest BCUT2D eigenvalue weighted by atomic mass is 32.2. The first-order valence-electron chi connectivity index (χ1n) is 5.55. The van der Waals surface area contributed by atoms with Gasteiger partial charge in [0.15, 0.2) is 0 Å². The number of thiophene rings is 1. The molecule has 1 N–H and O–H groups in total. The third-order valence-corrected chi connectivity index (χ3v) is 4.97. The lowest BCUT2D eigenvalue weighted by molar-refractivity contribution is 0.0696. The van der Waals surface area contributed by atoms with Crippen LogP contribution >= 0.6 is 11.3 Å². The Morgan fingerprint density at radius 1 is 1.32 bits per heavy atom. The normalized spacial score (nSPS) is 12.0. The van der Waals surface area contributed by atoms with Gasteiger partial charge in [-0.15, -0.1) is 11.3 Å². The topological polar surface area (TPSA) is 63.6 Å². The van der Waals surface area contributed by atoms with Gasteiger partial charge in [-0.1, -0.05) is 12.1 Å². The molecule has 0 saturated carbocycles. The van der Waals surface area contributed by atoms with Gasteiger partial charge >= 0.3 is 5.97 Å². The summed E-state index contributed by atoms with van der Waals surface area (Å²) >= 11 is 1.45. The number of carboxylic acid groups (broad SMARTS) is 1. The summed E-state index contributed by atoms with van der Waals surface area (Å²) in [5.41, 5.74) is 0.178. The first-order valence-corrected chi connectivity index (χ1v) is 7.75. The first-order chi connectivity index (χ1) is 9.16. The van der Waals surface area contributed by atoms with Gasteiger partial charge in [-0.3, -0.25) is 4.21 Å². The second kappa shape index (κ2) is 6.49. The van der Waals surface area contributed by atoms with E-state index in [1.807, 2.05) is 17.5 Å². The molecule has 1 unspecified atom stereocenters. The summed E-state index contributed by atoms with van der Waals surface area (Å²) in [5.74, 6) is -0.131. The quantitative estimate of drug-likeness (QED) is 0.890. The molecule has 100 valence electrons. The van der Waals surface area contributed by atoms with E-state index in [0.29, 0.717) is 11.5 Å². The summed E-state index contributed by atoms with van der Waals surface area (Å²) in [4.78, 5) is 10.8. The molecule has 0 fully saturated rings. The van der Waals surface area contributed by atoms with E-state index in [0.717, 1.165) is 4.21 Å². The molecule has 2 aromatic rings. The zero-order valence-corrected chi connectivity index (χ0v) is 11.6. The van der Waals surface area contributed by atoms with Crippen molar-refractivity contribution < 1.29 is 18.8 Å². The monoisotopic (exact) mass is 296 g/mol. The largest absolute Gasteiger partial charge is 0.493 e. The Bertz CT molecular complexity index is 578. The van der Waals surface area contributed by atoms with E-state index in [4.69, 9.17) is 9.84 Å². The fraction of sp³-hybridized carbons (Fsp3) is 0.154. The molecule has 0 saturated heterocycles. The molecule has 19 heavy (non-hydrogen) atoms. The van der Waals surface area contributed by atoms with Crippen molar-refractivity contribution in [2.75, 3.05) is 12.4 Å². The van der Waals surface area contributed by atoms with E-state index in [1.54, 1.807) is 12.1 Å². The Morgan fingerprint density at radius 3 is 2.84 bits per heavy atom. The highest BCUT2D eigenvalue weighted by Crippen LogP contribution is 2.16. The molecule has 1 heterocycles. The van der Waals surface area contributed by atoms with Crippen molar-refractivity contribution >= 4 is 28.1 Å². The summed E-state index contributed by atoms with van der Waals surface area (Å²) in [7, 11) is -1.06. The first kappa shape index (κ1) is 13.8. The van der Waals surface area contributed by atoms with Crippen molar-refractivity contribution in [1.29, 1.82) is 0 Å². The zero-order chi connectivity index (χ0) is 13.7. The maximum absolute atomic E-state index is 11.8. The van der Waals surface area contributed by atoms with Crippen LogP contribution in [-0.2, 0) is 10.8 Å². The number of carboxylic acids is 1. The number of ether oxygens (including phenoxy) is 1. The second-order valence-electron chi connectivity index (χ2n) is 3.66. The highest BCUT2D eigenvalue weighted by molar-refractivity contribution is 7.87. The molecular weight excluding hydrogens is 284 g/mol. The molecule has 0 spiro atoms. The molecule has 4 nitrogen and oxygen atoms in total. The Labute approximate surface area is 117 Å². The van der Waals surface area contributed by atoms with Crippen LogP contribution in [0.15, 0.2) is 46.0 Å². The van der Waals surface area contributed by atoms with Crippen molar-refractivity contribution in [1.82, 2.24) is 0 Å². The van der Waals surface area contributed by atoms with Crippen LogP contribution in [0.2, 0.25) is 0 Å². The van der Waals surface area contributed by atoms with Crippen molar-refractivity contribution in [2.24, 2.45) is 0 Å². The third kappa shape index (κ3) is 3.90. The van der Waals surface area contributed by atoms with E-state index in [1.165, 1.54) is 23.5 Å². The minimum Gasteiger partial charge on any atom is -0.493 e. The number of carbonyl (C=O) groups is 1. The summed E-state index contributed by atoms with van der Waals surface area (Å²) in [6, 6.07) is 9.94. The van der Waals surface area contributed by atoms with Gasteiger partial charge in [0.05, 0.1) is 26.3 Å². The van der Waals surface area contributed by atoms with Gasteiger partial charge in [-0.2, -0.15) is 0 Å². The molecule has 1 aromatic carbocycles. The predicted octanol–water partition coefficient (Wildman–Crippen LogP) is 2.63. The molecule has 0 radical (unpaired) electrons. The molecule has 1 atom stereocenters. The molecule has 2 rings (SSSR count). The van der Waals surface area contributed by atoms with E-state index >= 15 is 0 Å². The standard InChI is InChI=1S/C13H12O4S2/c14-13(15)10-3-1-4-11(9-10)17-6-8-19(16)12-5-2-7-18-12/h1-5,7,9H,6,8H2,(H,14,15). The summed E-state index contributed by atoms with van der Waals surface area (Å²) in [6.07, 6.45) is 0. The lowest BCUT2D eigenvalue weighted by Crippen LogP contribution is -2.08. The summed E-state index contributed by atoms with van der Waals surface area (Å²) in [5, 5.41) is 10.7. The van der Waals surface area contributed by atoms with Crippen LogP contribution in [0, 0.1) is 0 Å². The molecule has 0 bridgehead atoms. The van der Waals surface area contributed by atoms with Gasteiger partial charge < -0.3 is 9.84 Å². The van der Waals surface area contributed by atoms with Gasteiger partial charge in [0.25, 0.3) is 0 Å². The van der Waals surface area contributed by atoms with Crippen molar-refractivity contribution in [3.8, 4) is 5.75 Å². The molecule has 0 aliphatic heterocycles. The highest BCUT2D eigenvalue weighted by Gasteiger charge is 2.06. The van der Waals surface area contributed by atoms with E-state index in [9.17, 15) is 9.00 Å². The Kier molecular flexibility index (Phi) is 4.70. The Balaban J connectivity index is 1.87. The third-order valence-electron chi connectivity index (χ3n) is 2.34. The van der Waals surface area contributed by atoms with Crippen molar-refractivity contribution in [3.63, 3.8) is 0 Å². The zero-order valence-electron chi connectivity index (χ0n) is 9.94. The summed E-state index contributed by atoms with van der Waals surface area (Å²) in [6.45, 7) is 0.285. The Morgan fingerprint density at radius 2 is 2.16 bits per heavy atom. The SMILES string of the molecule is O=C(O)c1cccc(OCCS(=O)c2cccs2)c1. The summed E-state index contributed by atoms with van der Waals surface area (Å²) < 4.78 is 18.1. The molecule has 0 aliphatic carbocycles. The van der Waals surface area contributed by atoms with Crippen molar-refractivity contribution in [3.05, 3.63) is 47.3 Å². The maximum Gasteiger partial charge on any atom is 0.335 e. The van der Waals surface area contributed by atoms with Crippen molar-refractivity contribution in [2.45, 2.75) is 4.21 Å². The fourth-order valence-corrected chi connectivity index (χ4v) is 3.41. The van der Waals surface area contributed by atoms with E-state index in [-0.39, 0.29) is 12.2 Å². The van der Waals surface area contributed by atoms with Crippen LogP contribution < -0.4 is 4.74 Å². The minimum absolute atomic E-state index is 0.178. The van der Waals surface area contributed by atoms with Gasteiger partial charge in [-0.05, 0) is 29.6 Å². The number of hydrogen-bond acceptors (Lipinski definition) is 4. The lowest BCUT2D eigenvalue weighted by Gasteiger charge is -2.06. The van der Waals surface area contributed by atoms with Crippen LogP contribution in [0.25, 0.3) is 0 Å². The fourth-order valence-electron chi connectivity index (χ4n) is 1.45. The van der Waals surface area contributed by atoms with Crippen LogP contribution in [0.3, 0.4) is 0 Å². The molecular formula is C13H12O4S2. The van der Waals surface area contributed by atoms with Crippen LogP contribution in [0.5, 0.6) is 5.75 Å². The van der Waals surface area contributed by atoms with E-state index in [2.05, 4.69) is 0 Å².